The van der Waals surface area contributed by atoms with Crippen molar-refractivity contribution in [3.05, 3.63) is 22.2 Å². The molecule has 94 valence electrons. The van der Waals surface area contributed by atoms with Crippen molar-refractivity contribution in [3.8, 4) is 11.5 Å². The molecule has 1 aromatic carbocycles. The number of hydrogen-bond donors (Lipinski definition) is 1. The summed E-state index contributed by atoms with van der Waals surface area (Å²) in [6.07, 6.45) is 2.28. The molecule has 1 aromatic rings. The Bertz CT molecular complexity index is 439. The van der Waals surface area contributed by atoms with Crippen molar-refractivity contribution in [2.24, 2.45) is 0 Å². The Morgan fingerprint density at radius 2 is 1.88 bits per heavy atom. The molecular weight excluding hydrogens is 240 g/mol. The second kappa shape index (κ2) is 4.39. The molecule has 0 spiro atoms. The van der Waals surface area contributed by atoms with Crippen LogP contribution in [0.2, 0.25) is 5.02 Å². The zero-order chi connectivity index (χ0) is 12.6. The zero-order valence-corrected chi connectivity index (χ0v) is 11.1. The third-order valence-electron chi connectivity index (χ3n) is 3.25. The van der Waals surface area contributed by atoms with Crippen LogP contribution >= 0.6 is 11.6 Å². The van der Waals surface area contributed by atoms with Crippen molar-refractivity contribution in [2.45, 2.75) is 31.8 Å². The van der Waals surface area contributed by atoms with Gasteiger partial charge in [-0.2, -0.15) is 0 Å². The van der Waals surface area contributed by atoms with E-state index in [1.54, 1.807) is 14.2 Å². The highest BCUT2D eigenvalue weighted by molar-refractivity contribution is 6.32. The van der Waals surface area contributed by atoms with Crippen LogP contribution in [-0.4, -0.2) is 24.9 Å². The minimum Gasteiger partial charge on any atom is -0.496 e. The van der Waals surface area contributed by atoms with Crippen molar-refractivity contribution in [1.29, 1.82) is 0 Å². The molecule has 0 radical (unpaired) electrons. The Labute approximate surface area is 106 Å². The molecule has 0 bridgehead atoms. The van der Waals surface area contributed by atoms with E-state index in [4.69, 9.17) is 21.1 Å². The largest absolute Gasteiger partial charge is 0.496 e. The number of hydrogen-bond acceptors (Lipinski definition) is 3. The standard InChI is InChI=1S/C13H17ClO3/c1-8-11(16-2)9(7-13(15)4-5-13)6-10(14)12(8)17-3/h6,15H,4-5,7H2,1-3H3. The Morgan fingerprint density at radius 1 is 1.29 bits per heavy atom. The average Bonchev–Trinajstić information content (AvgIpc) is 2.96. The van der Waals surface area contributed by atoms with Crippen LogP contribution in [0.5, 0.6) is 11.5 Å². The molecule has 0 heterocycles. The van der Waals surface area contributed by atoms with Gasteiger partial charge in [-0.15, -0.1) is 0 Å². The molecule has 0 amide bonds. The SMILES string of the molecule is COc1c(Cl)cc(CC2(O)CC2)c(OC)c1C. The normalized spacial score (nSPS) is 16.8. The predicted molar refractivity (Wildman–Crippen MR) is 67.2 cm³/mol. The molecule has 2 rings (SSSR count). The third-order valence-corrected chi connectivity index (χ3v) is 3.53. The topological polar surface area (TPSA) is 38.7 Å². The van der Waals surface area contributed by atoms with Crippen molar-refractivity contribution < 1.29 is 14.6 Å². The summed E-state index contributed by atoms with van der Waals surface area (Å²) in [5.74, 6) is 1.39. The van der Waals surface area contributed by atoms with Gasteiger partial charge in [0.2, 0.25) is 0 Å². The predicted octanol–water partition coefficient (Wildman–Crippen LogP) is 2.73. The average molecular weight is 257 g/mol. The van der Waals surface area contributed by atoms with Crippen LogP contribution < -0.4 is 9.47 Å². The van der Waals surface area contributed by atoms with Gasteiger partial charge in [-0.25, -0.2) is 0 Å². The van der Waals surface area contributed by atoms with E-state index in [9.17, 15) is 5.11 Å². The lowest BCUT2D eigenvalue weighted by molar-refractivity contribution is 0.150. The molecule has 0 aliphatic heterocycles. The smallest absolute Gasteiger partial charge is 0.144 e. The quantitative estimate of drug-likeness (QED) is 0.900. The van der Waals surface area contributed by atoms with Crippen molar-refractivity contribution in [3.63, 3.8) is 0 Å². The van der Waals surface area contributed by atoms with Crippen LogP contribution in [0.1, 0.15) is 24.0 Å². The van der Waals surface area contributed by atoms with Crippen LogP contribution in [-0.2, 0) is 6.42 Å². The van der Waals surface area contributed by atoms with Crippen molar-refractivity contribution in [2.75, 3.05) is 14.2 Å². The molecular formula is C13H17ClO3. The first-order valence-electron chi connectivity index (χ1n) is 5.63. The highest BCUT2D eigenvalue weighted by Crippen LogP contribution is 2.44. The van der Waals surface area contributed by atoms with E-state index in [-0.39, 0.29) is 0 Å². The lowest BCUT2D eigenvalue weighted by Crippen LogP contribution is -2.12. The van der Waals surface area contributed by atoms with Crippen molar-refractivity contribution >= 4 is 11.6 Å². The minimum atomic E-state index is -0.558. The highest BCUT2D eigenvalue weighted by Gasteiger charge is 2.41. The summed E-state index contributed by atoms with van der Waals surface area (Å²) < 4.78 is 10.6. The maximum Gasteiger partial charge on any atom is 0.144 e. The maximum absolute atomic E-state index is 9.98. The van der Waals surface area contributed by atoms with E-state index in [1.165, 1.54) is 0 Å². The van der Waals surface area contributed by atoms with Gasteiger partial charge in [-0.3, -0.25) is 0 Å². The summed E-state index contributed by atoms with van der Waals surface area (Å²) in [6, 6.07) is 1.82. The zero-order valence-electron chi connectivity index (χ0n) is 10.3. The highest BCUT2D eigenvalue weighted by atomic mass is 35.5. The molecule has 17 heavy (non-hydrogen) atoms. The van der Waals surface area contributed by atoms with Crippen LogP contribution in [0.25, 0.3) is 0 Å². The number of halogens is 1. The summed E-state index contributed by atoms with van der Waals surface area (Å²) in [6.45, 7) is 1.91. The molecule has 0 atom stereocenters. The molecule has 0 unspecified atom stereocenters. The van der Waals surface area contributed by atoms with Crippen LogP contribution in [0.15, 0.2) is 6.07 Å². The molecule has 1 saturated carbocycles. The summed E-state index contributed by atoms with van der Waals surface area (Å²) >= 11 is 6.15. The van der Waals surface area contributed by atoms with Gasteiger partial charge in [-0.05, 0) is 31.4 Å². The van der Waals surface area contributed by atoms with E-state index in [0.29, 0.717) is 17.2 Å². The monoisotopic (exact) mass is 256 g/mol. The van der Waals surface area contributed by atoms with E-state index in [1.807, 2.05) is 13.0 Å². The summed E-state index contributed by atoms with van der Waals surface area (Å²) in [5.41, 5.74) is 1.26. The maximum atomic E-state index is 9.98. The van der Waals surface area contributed by atoms with Gasteiger partial charge in [-0.1, -0.05) is 11.6 Å². The lowest BCUT2D eigenvalue weighted by atomic mass is 10.0. The molecule has 0 aromatic heterocycles. The molecule has 1 aliphatic rings. The first kappa shape index (κ1) is 12.5. The molecule has 0 saturated heterocycles. The molecule has 3 nitrogen and oxygen atoms in total. The van der Waals surface area contributed by atoms with Gasteiger partial charge in [0.05, 0.1) is 24.8 Å². The van der Waals surface area contributed by atoms with Gasteiger partial charge in [0.1, 0.15) is 11.5 Å². The number of aliphatic hydroxyl groups is 1. The van der Waals surface area contributed by atoms with Gasteiger partial charge in [0.25, 0.3) is 0 Å². The number of rotatable bonds is 4. The Morgan fingerprint density at radius 3 is 2.35 bits per heavy atom. The minimum absolute atomic E-state index is 0.558. The Hall–Kier alpha value is -0.930. The first-order valence-corrected chi connectivity index (χ1v) is 6.01. The first-order chi connectivity index (χ1) is 8.00. The third kappa shape index (κ3) is 2.35. The van der Waals surface area contributed by atoms with Gasteiger partial charge >= 0.3 is 0 Å². The van der Waals surface area contributed by atoms with Gasteiger partial charge in [0.15, 0.2) is 0 Å². The summed E-state index contributed by atoms with van der Waals surface area (Å²) in [7, 11) is 3.21. The molecule has 1 N–H and O–H groups in total. The fourth-order valence-electron chi connectivity index (χ4n) is 2.15. The molecule has 4 heteroatoms. The van der Waals surface area contributed by atoms with E-state index < -0.39 is 5.60 Å². The van der Waals surface area contributed by atoms with E-state index in [0.717, 1.165) is 29.7 Å². The van der Waals surface area contributed by atoms with E-state index >= 15 is 0 Å². The van der Waals surface area contributed by atoms with Crippen LogP contribution in [0, 0.1) is 6.92 Å². The Kier molecular flexibility index (Phi) is 3.23. The van der Waals surface area contributed by atoms with Crippen LogP contribution in [0.3, 0.4) is 0 Å². The second-order valence-corrected chi connectivity index (χ2v) is 5.02. The van der Waals surface area contributed by atoms with Gasteiger partial charge in [0, 0.05) is 12.0 Å². The Balaban J connectivity index is 2.44. The van der Waals surface area contributed by atoms with Crippen molar-refractivity contribution in [1.82, 2.24) is 0 Å². The summed E-state index contributed by atoms with van der Waals surface area (Å²) in [5, 5.41) is 10.5. The number of ether oxygens (including phenoxy) is 2. The molecule has 1 aliphatic carbocycles. The van der Waals surface area contributed by atoms with E-state index in [2.05, 4.69) is 0 Å². The second-order valence-electron chi connectivity index (χ2n) is 4.61. The fourth-order valence-corrected chi connectivity index (χ4v) is 2.50. The molecule has 1 fully saturated rings. The van der Waals surface area contributed by atoms with Crippen LogP contribution in [0.4, 0.5) is 0 Å². The fraction of sp³-hybridized carbons (Fsp3) is 0.538. The number of benzene rings is 1. The lowest BCUT2D eigenvalue weighted by Gasteiger charge is -2.17. The van der Waals surface area contributed by atoms with Gasteiger partial charge < -0.3 is 14.6 Å². The summed E-state index contributed by atoms with van der Waals surface area (Å²) in [4.78, 5) is 0. The number of methoxy groups -OCH3 is 2.